The van der Waals surface area contributed by atoms with E-state index < -0.39 is 6.10 Å². The number of hydrogen-bond donors (Lipinski definition) is 1. The summed E-state index contributed by atoms with van der Waals surface area (Å²) in [5.74, 6) is 2.01. The van der Waals surface area contributed by atoms with Crippen LogP contribution in [0.3, 0.4) is 0 Å². The Morgan fingerprint density at radius 3 is 2.78 bits per heavy atom. The molecular formula is C23H27N5O4. The molecule has 9 heteroatoms. The number of fused-ring (bicyclic) bond motifs is 1. The molecule has 0 aliphatic carbocycles. The molecule has 2 aromatic carbocycles. The Bertz CT molecular complexity index is 1010. The van der Waals surface area contributed by atoms with Crippen molar-refractivity contribution in [3.05, 3.63) is 59.9 Å². The fourth-order valence-electron chi connectivity index (χ4n) is 3.70. The molecule has 0 unspecified atom stereocenters. The number of methoxy groups -OCH3 is 1. The van der Waals surface area contributed by atoms with Crippen molar-refractivity contribution < 1.29 is 19.0 Å². The third-order valence-electron chi connectivity index (χ3n) is 5.29. The number of hydrogen-bond acceptors (Lipinski definition) is 7. The maximum absolute atomic E-state index is 13.2. The Balaban J connectivity index is 1.39. The lowest BCUT2D eigenvalue weighted by Crippen LogP contribution is -2.47. The van der Waals surface area contributed by atoms with Gasteiger partial charge in [-0.15, -0.1) is 10.2 Å². The summed E-state index contributed by atoms with van der Waals surface area (Å²) in [5, 5.41) is 14.1. The van der Waals surface area contributed by atoms with Gasteiger partial charge in [-0.3, -0.25) is 4.79 Å². The van der Waals surface area contributed by atoms with Gasteiger partial charge in [-0.2, -0.15) is 5.21 Å². The van der Waals surface area contributed by atoms with Crippen LogP contribution in [0.15, 0.2) is 48.5 Å². The van der Waals surface area contributed by atoms with E-state index in [0.717, 1.165) is 35.6 Å². The predicted molar refractivity (Wildman–Crippen MR) is 118 cm³/mol. The maximum Gasteiger partial charge on any atom is 0.268 e. The number of carbonyl (C=O) groups excluding carboxylic acids is 1. The van der Waals surface area contributed by atoms with E-state index in [1.54, 1.807) is 7.11 Å². The number of ether oxygens (including phenoxy) is 3. The van der Waals surface area contributed by atoms with Gasteiger partial charge in [-0.25, -0.2) is 0 Å². The summed E-state index contributed by atoms with van der Waals surface area (Å²) in [6, 6.07) is 15.4. The van der Waals surface area contributed by atoms with Gasteiger partial charge in [0.25, 0.3) is 5.91 Å². The van der Waals surface area contributed by atoms with Gasteiger partial charge in [-0.05, 0) is 31.0 Å². The molecule has 3 aromatic rings. The van der Waals surface area contributed by atoms with Crippen LogP contribution >= 0.6 is 0 Å². The molecule has 1 amide bonds. The van der Waals surface area contributed by atoms with Crippen molar-refractivity contribution in [2.75, 3.05) is 31.8 Å². The zero-order valence-corrected chi connectivity index (χ0v) is 18.1. The quantitative estimate of drug-likeness (QED) is 0.460. The smallest absolute Gasteiger partial charge is 0.268 e. The van der Waals surface area contributed by atoms with Crippen LogP contribution in [0, 0.1) is 0 Å². The Morgan fingerprint density at radius 2 is 1.94 bits per heavy atom. The fraction of sp³-hybridized carbons (Fsp3) is 0.391. The molecule has 0 saturated heterocycles. The number of amides is 1. The van der Waals surface area contributed by atoms with Crippen molar-refractivity contribution in [3.63, 3.8) is 0 Å². The van der Waals surface area contributed by atoms with E-state index in [2.05, 4.69) is 20.6 Å². The summed E-state index contributed by atoms with van der Waals surface area (Å²) >= 11 is 0. The first-order chi connectivity index (χ1) is 15.8. The molecule has 32 heavy (non-hydrogen) atoms. The summed E-state index contributed by atoms with van der Waals surface area (Å²) < 4.78 is 17.2. The van der Waals surface area contributed by atoms with Gasteiger partial charge in [0.1, 0.15) is 11.5 Å². The molecule has 4 rings (SSSR count). The van der Waals surface area contributed by atoms with Gasteiger partial charge in [0, 0.05) is 38.7 Å². The molecule has 1 atom stereocenters. The minimum Gasteiger partial charge on any atom is -0.493 e. The number of aromatic amines is 1. The highest BCUT2D eigenvalue weighted by Gasteiger charge is 2.33. The van der Waals surface area contributed by atoms with E-state index >= 15 is 0 Å². The zero-order chi connectivity index (χ0) is 22.2. The summed E-state index contributed by atoms with van der Waals surface area (Å²) in [4.78, 5) is 15.0. The summed E-state index contributed by atoms with van der Waals surface area (Å²) in [6.45, 7) is 1.66. The average molecular weight is 438 g/mol. The largest absolute Gasteiger partial charge is 0.493 e. The van der Waals surface area contributed by atoms with E-state index in [4.69, 9.17) is 14.2 Å². The third kappa shape index (κ3) is 5.23. The average Bonchev–Trinajstić information content (AvgIpc) is 3.33. The van der Waals surface area contributed by atoms with Gasteiger partial charge < -0.3 is 19.1 Å². The highest BCUT2D eigenvalue weighted by molar-refractivity contribution is 6.00. The molecular weight excluding hydrogens is 410 g/mol. The lowest BCUT2D eigenvalue weighted by molar-refractivity contribution is -0.127. The Kier molecular flexibility index (Phi) is 7.29. The third-order valence-corrected chi connectivity index (χ3v) is 5.29. The van der Waals surface area contributed by atoms with Crippen LogP contribution in [0.4, 0.5) is 5.69 Å². The van der Waals surface area contributed by atoms with Crippen LogP contribution in [-0.2, 0) is 16.0 Å². The molecule has 2 heterocycles. The molecule has 1 aromatic heterocycles. The van der Waals surface area contributed by atoms with Crippen LogP contribution in [-0.4, -0.2) is 59.5 Å². The van der Waals surface area contributed by atoms with Gasteiger partial charge in [-0.1, -0.05) is 35.5 Å². The number of rotatable bonds is 11. The number of carbonyl (C=O) groups is 1. The van der Waals surface area contributed by atoms with Gasteiger partial charge in [0.2, 0.25) is 0 Å². The van der Waals surface area contributed by atoms with Crippen LogP contribution in [0.25, 0.3) is 0 Å². The van der Waals surface area contributed by atoms with Gasteiger partial charge in [0.05, 0.1) is 12.3 Å². The van der Waals surface area contributed by atoms with Crippen molar-refractivity contribution >= 4 is 11.6 Å². The van der Waals surface area contributed by atoms with Crippen LogP contribution in [0.1, 0.15) is 30.7 Å². The Hall–Kier alpha value is -3.46. The number of unbranched alkanes of at least 4 members (excludes halogenated alkanes) is 1. The first-order valence-electron chi connectivity index (χ1n) is 10.8. The van der Waals surface area contributed by atoms with Crippen molar-refractivity contribution in [2.24, 2.45) is 0 Å². The molecule has 0 radical (unpaired) electrons. The monoisotopic (exact) mass is 437 g/mol. The number of benzene rings is 2. The molecule has 0 saturated carbocycles. The van der Waals surface area contributed by atoms with E-state index in [9.17, 15) is 4.79 Å². The first-order valence-corrected chi connectivity index (χ1v) is 10.8. The second-order valence-electron chi connectivity index (χ2n) is 7.51. The van der Waals surface area contributed by atoms with E-state index in [1.807, 2.05) is 53.4 Å². The second kappa shape index (κ2) is 10.7. The Morgan fingerprint density at radius 1 is 1.09 bits per heavy atom. The molecule has 1 aliphatic rings. The molecule has 9 nitrogen and oxygen atoms in total. The molecule has 0 fully saturated rings. The van der Waals surface area contributed by atoms with E-state index in [0.29, 0.717) is 38.4 Å². The standard InChI is InChI=1S/C23H27N5O4/c1-30-14-7-6-13-28-18-9-3-5-11-20(18)32-21(23(28)29)12-15-31-19-10-4-2-8-17(19)16-22-24-26-27-25-22/h2-5,8-11,21H,6-7,12-16H2,1H3,(H,24,25,26,27)/t21-/m1/s1. The Labute approximate surface area is 186 Å². The molecule has 0 bridgehead atoms. The lowest BCUT2D eigenvalue weighted by Gasteiger charge is -2.34. The van der Waals surface area contributed by atoms with Crippen molar-refractivity contribution in [1.29, 1.82) is 0 Å². The fourth-order valence-corrected chi connectivity index (χ4v) is 3.70. The number of aromatic nitrogens is 4. The number of nitrogens with one attached hydrogen (secondary N) is 1. The second-order valence-corrected chi connectivity index (χ2v) is 7.51. The lowest BCUT2D eigenvalue weighted by atomic mass is 10.1. The van der Waals surface area contributed by atoms with Crippen LogP contribution < -0.4 is 14.4 Å². The van der Waals surface area contributed by atoms with Crippen molar-refractivity contribution in [1.82, 2.24) is 20.6 Å². The molecule has 0 spiro atoms. The molecule has 168 valence electrons. The minimum atomic E-state index is -0.586. The highest BCUT2D eigenvalue weighted by atomic mass is 16.5. The predicted octanol–water partition coefficient (Wildman–Crippen LogP) is 2.78. The minimum absolute atomic E-state index is 0.0372. The summed E-state index contributed by atoms with van der Waals surface area (Å²) in [5.41, 5.74) is 1.77. The summed E-state index contributed by atoms with van der Waals surface area (Å²) in [6.07, 6.45) is 2.12. The SMILES string of the molecule is COCCCCN1C(=O)[C@@H](CCOc2ccccc2Cc2nn[nH]n2)Oc2ccccc21. The topological polar surface area (TPSA) is 102 Å². The highest BCUT2D eigenvalue weighted by Crippen LogP contribution is 2.34. The number of tetrazole rings is 1. The maximum atomic E-state index is 13.2. The van der Waals surface area contributed by atoms with Crippen molar-refractivity contribution in [2.45, 2.75) is 31.8 Å². The summed E-state index contributed by atoms with van der Waals surface area (Å²) in [7, 11) is 1.69. The number of H-pyrrole nitrogens is 1. The number of anilines is 1. The number of para-hydroxylation sites is 3. The normalized spacial score (nSPS) is 15.3. The molecule has 1 aliphatic heterocycles. The van der Waals surface area contributed by atoms with Crippen LogP contribution in [0.5, 0.6) is 11.5 Å². The van der Waals surface area contributed by atoms with Gasteiger partial charge >= 0.3 is 0 Å². The van der Waals surface area contributed by atoms with E-state index in [-0.39, 0.29) is 5.91 Å². The first kappa shape index (κ1) is 21.8. The number of nitrogens with zero attached hydrogens (tertiary/aromatic N) is 4. The van der Waals surface area contributed by atoms with Crippen LogP contribution in [0.2, 0.25) is 0 Å². The zero-order valence-electron chi connectivity index (χ0n) is 18.1. The van der Waals surface area contributed by atoms with E-state index in [1.165, 1.54) is 0 Å². The molecule has 1 N–H and O–H groups in total. The van der Waals surface area contributed by atoms with Crippen molar-refractivity contribution in [3.8, 4) is 11.5 Å². The van der Waals surface area contributed by atoms with Gasteiger partial charge in [0.15, 0.2) is 11.9 Å².